The molecule has 4 heteroatoms. The number of aldehydes is 1. The fourth-order valence-corrected chi connectivity index (χ4v) is 2.57. The van der Waals surface area contributed by atoms with E-state index in [1.165, 1.54) is 0 Å². The van der Waals surface area contributed by atoms with E-state index in [0.29, 0.717) is 35.1 Å². The third-order valence-corrected chi connectivity index (χ3v) is 3.71. The summed E-state index contributed by atoms with van der Waals surface area (Å²) in [6, 6.07) is 15.0. The van der Waals surface area contributed by atoms with Gasteiger partial charge in [0.1, 0.15) is 12.4 Å². The summed E-state index contributed by atoms with van der Waals surface area (Å²) in [5, 5.41) is 1.93. The SMILES string of the molecule is C=CCOc1cc2ccccc2c(-c2cc(OC)ccc2C=O)n1. The zero-order chi connectivity index (χ0) is 16.9. The van der Waals surface area contributed by atoms with Crippen molar-refractivity contribution in [1.82, 2.24) is 4.98 Å². The van der Waals surface area contributed by atoms with E-state index in [1.807, 2.05) is 36.4 Å². The molecule has 0 radical (unpaired) electrons. The number of rotatable bonds is 6. The summed E-state index contributed by atoms with van der Waals surface area (Å²) in [4.78, 5) is 16.1. The molecule has 0 spiro atoms. The lowest BCUT2D eigenvalue weighted by atomic mass is 9.99. The molecule has 4 nitrogen and oxygen atoms in total. The lowest BCUT2D eigenvalue weighted by Gasteiger charge is -2.12. The van der Waals surface area contributed by atoms with Crippen LogP contribution in [0.4, 0.5) is 0 Å². The Labute approximate surface area is 140 Å². The zero-order valence-electron chi connectivity index (χ0n) is 13.4. The summed E-state index contributed by atoms with van der Waals surface area (Å²) in [6.45, 7) is 4.02. The molecule has 0 fully saturated rings. The summed E-state index contributed by atoms with van der Waals surface area (Å²) >= 11 is 0. The van der Waals surface area contributed by atoms with Crippen LogP contribution in [0, 0.1) is 0 Å². The van der Waals surface area contributed by atoms with Crippen molar-refractivity contribution >= 4 is 17.1 Å². The summed E-state index contributed by atoms with van der Waals surface area (Å²) in [6.07, 6.45) is 2.49. The van der Waals surface area contributed by atoms with Crippen LogP contribution in [-0.2, 0) is 0 Å². The molecule has 0 saturated carbocycles. The maximum absolute atomic E-state index is 11.5. The zero-order valence-corrected chi connectivity index (χ0v) is 13.4. The highest BCUT2D eigenvalue weighted by Gasteiger charge is 2.13. The summed E-state index contributed by atoms with van der Waals surface area (Å²) < 4.78 is 10.9. The Morgan fingerprint density at radius 1 is 1.17 bits per heavy atom. The minimum absolute atomic E-state index is 0.365. The molecule has 0 N–H and O–H groups in total. The third kappa shape index (κ3) is 2.99. The summed E-state index contributed by atoms with van der Waals surface area (Å²) in [7, 11) is 1.59. The van der Waals surface area contributed by atoms with Crippen molar-refractivity contribution in [2.24, 2.45) is 0 Å². The molecule has 120 valence electrons. The molecular formula is C20H17NO3. The molecule has 0 unspecified atom stereocenters. The highest BCUT2D eigenvalue weighted by Crippen LogP contribution is 2.33. The number of carbonyl (C=O) groups is 1. The second kappa shape index (κ2) is 6.96. The van der Waals surface area contributed by atoms with Crippen LogP contribution in [-0.4, -0.2) is 25.0 Å². The topological polar surface area (TPSA) is 48.4 Å². The number of hydrogen-bond acceptors (Lipinski definition) is 4. The third-order valence-electron chi connectivity index (χ3n) is 3.71. The number of fused-ring (bicyclic) bond motifs is 1. The number of aromatic nitrogens is 1. The van der Waals surface area contributed by atoms with Gasteiger partial charge in [0.05, 0.1) is 12.8 Å². The fraction of sp³-hybridized carbons (Fsp3) is 0.100. The number of ether oxygens (including phenoxy) is 2. The van der Waals surface area contributed by atoms with E-state index in [0.717, 1.165) is 17.1 Å². The van der Waals surface area contributed by atoms with Gasteiger partial charge in [0.2, 0.25) is 5.88 Å². The summed E-state index contributed by atoms with van der Waals surface area (Å²) in [5.74, 6) is 1.15. The standard InChI is InChI=1S/C20H17NO3/c1-3-10-24-19-11-14-6-4-5-7-17(14)20(21-19)18-12-16(23-2)9-8-15(18)13-22/h3-9,11-13H,1,10H2,2H3. The van der Waals surface area contributed by atoms with Crippen LogP contribution in [0.3, 0.4) is 0 Å². The number of nitrogens with zero attached hydrogens (tertiary/aromatic N) is 1. The molecule has 0 aliphatic heterocycles. The van der Waals surface area contributed by atoms with Gasteiger partial charge < -0.3 is 9.47 Å². The van der Waals surface area contributed by atoms with Crippen molar-refractivity contribution in [3.05, 3.63) is 66.7 Å². The largest absolute Gasteiger partial charge is 0.497 e. The lowest BCUT2D eigenvalue weighted by molar-refractivity contribution is 0.112. The maximum Gasteiger partial charge on any atom is 0.214 e. The lowest BCUT2D eigenvalue weighted by Crippen LogP contribution is -1.99. The number of pyridine rings is 1. The van der Waals surface area contributed by atoms with Gasteiger partial charge in [-0.15, -0.1) is 0 Å². The number of hydrogen-bond donors (Lipinski definition) is 0. The molecule has 0 atom stereocenters. The smallest absolute Gasteiger partial charge is 0.214 e. The minimum atomic E-state index is 0.365. The van der Waals surface area contributed by atoms with E-state index in [9.17, 15) is 4.79 Å². The van der Waals surface area contributed by atoms with Crippen molar-refractivity contribution in [2.75, 3.05) is 13.7 Å². The van der Waals surface area contributed by atoms with Crippen LogP contribution in [0.2, 0.25) is 0 Å². The highest BCUT2D eigenvalue weighted by atomic mass is 16.5. The Balaban J connectivity index is 2.27. The van der Waals surface area contributed by atoms with Crippen molar-refractivity contribution in [1.29, 1.82) is 0 Å². The average molecular weight is 319 g/mol. The minimum Gasteiger partial charge on any atom is -0.497 e. The van der Waals surface area contributed by atoms with Crippen LogP contribution in [0.5, 0.6) is 11.6 Å². The Morgan fingerprint density at radius 2 is 2.00 bits per heavy atom. The molecule has 0 amide bonds. The molecule has 3 aromatic rings. The number of carbonyl (C=O) groups excluding carboxylic acids is 1. The Kier molecular flexibility index (Phi) is 4.57. The van der Waals surface area contributed by atoms with Crippen molar-refractivity contribution < 1.29 is 14.3 Å². The average Bonchev–Trinajstić information content (AvgIpc) is 2.65. The molecular weight excluding hydrogens is 302 g/mol. The predicted octanol–water partition coefficient (Wildman–Crippen LogP) is 4.29. The molecule has 0 bridgehead atoms. The van der Waals surface area contributed by atoms with E-state index in [1.54, 1.807) is 25.3 Å². The van der Waals surface area contributed by atoms with Gasteiger partial charge in [-0.2, -0.15) is 0 Å². The number of methoxy groups -OCH3 is 1. The van der Waals surface area contributed by atoms with E-state index in [4.69, 9.17) is 9.47 Å². The van der Waals surface area contributed by atoms with Crippen molar-refractivity contribution in [3.63, 3.8) is 0 Å². The van der Waals surface area contributed by atoms with Gasteiger partial charge in [0.15, 0.2) is 6.29 Å². The van der Waals surface area contributed by atoms with Crippen LogP contribution in [0.15, 0.2) is 61.2 Å². The summed E-state index contributed by atoms with van der Waals surface area (Å²) in [5.41, 5.74) is 1.95. The van der Waals surface area contributed by atoms with E-state index in [2.05, 4.69) is 11.6 Å². The number of benzene rings is 2. The van der Waals surface area contributed by atoms with E-state index >= 15 is 0 Å². The van der Waals surface area contributed by atoms with E-state index in [-0.39, 0.29) is 0 Å². The monoisotopic (exact) mass is 319 g/mol. The molecule has 24 heavy (non-hydrogen) atoms. The van der Waals surface area contributed by atoms with Gasteiger partial charge in [-0.25, -0.2) is 4.98 Å². The molecule has 3 rings (SSSR count). The predicted molar refractivity (Wildman–Crippen MR) is 94.8 cm³/mol. The molecule has 0 aliphatic carbocycles. The first kappa shape index (κ1) is 15.7. The van der Waals surface area contributed by atoms with Gasteiger partial charge >= 0.3 is 0 Å². The molecule has 0 aliphatic rings. The first-order valence-corrected chi connectivity index (χ1v) is 7.54. The molecule has 1 heterocycles. The Hall–Kier alpha value is -3.14. The van der Waals surface area contributed by atoms with Crippen LogP contribution in [0.1, 0.15) is 10.4 Å². The highest BCUT2D eigenvalue weighted by molar-refractivity contribution is 5.99. The first-order valence-electron chi connectivity index (χ1n) is 7.54. The normalized spacial score (nSPS) is 10.4. The van der Waals surface area contributed by atoms with Gasteiger partial charge in [-0.05, 0) is 23.6 Å². The molecule has 2 aromatic carbocycles. The van der Waals surface area contributed by atoms with Crippen molar-refractivity contribution in [2.45, 2.75) is 0 Å². The molecule has 0 saturated heterocycles. The van der Waals surface area contributed by atoms with Gasteiger partial charge in [0, 0.05) is 22.6 Å². The van der Waals surface area contributed by atoms with Crippen molar-refractivity contribution in [3.8, 4) is 22.9 Å². The Morgan fingerprint density at radius 3 is 2.75 bits per heavy atom. The van der Waals surface area contributed by atoms with Crippen LogP contribution < -0.4 is 9.47 Å². The van der Waals surface area contributed by atoms with Crippen LogP contribution >= 0.6 is 0 Å². The van der Waals surface area contributed by atoms with E-state index < -0.39 is 0 Å². The van der Waals surface area contributed by atoms with Crippen LogP contribution in [0.25, 0.3) is 22.0 Å². The maximum atomic E-state index is 11.5. The fourth-order valence-electron chi connectivity index (χ4n) is 2.57. The Bertz CT molecular complexity index is 903. The quantitative estimate of drug-likeness (QED) is 0.502. The second-order valence-electron chi connectivity index (χ2n) is 5.20. The van der Waals surface area contributed by atoms with Gasteiger partial charge in [-0.3, -0.25) is 4.79 Å². The van der Waals surface area contributed by atoms with Gasteiger partial charge in [0.25, 0.3) is 0 Å². The van der Waals surface area contributed by atoms with Gasteiger partial charge in [-0.1, -0.05) is 36.9 Å². The second-order valence-corrected chi connectivity index (χ2v) is 5.20. The first-order chi connectivity index (χ1) is 11.8. The molecule has 1 aromatic heterocycles.